The number of thioether (sulfide) groups is 1. The van der Waals surface area contributed by atoms with E-state index in [1.807, 2.05) is 0 Å². The molecule has 1 N–H and O–H groups in total. The zero-order chi connectivity index (χ0) is 10.8. The normalized spacial score (nSPS) is 29.2. The van der Waals surface area contributed by atoms with Gasteiger partial charge in [0.1, 0.15) is 0 Å². The van der Waals surface area contributed by atoms with Crippen LogP contribution in [0, 0.1) is 5.92 Å². The molecule has 2 unspecified atom stereocenters. The number of anilines is 1. The van der Waals surface area contributed by atoms with Crippen molar-refractivity contribution < 1.29 is 0 Å². The lowest BCUT2D eigenvalue weighted by molar-refractivity contribution is 0.356. The fourth-order valence-electron chi connectivity index (χ4n) is 2.93. The van der Waals surface area contributed by atoms with E-state index in [0.717, 1.165) is 17.7 Å². The molecule has 0 bridgehead atoms. The van der Waals surface area contributed by atoms with Crippen LogP contribution < -0.4 is 5.32 Å². The first-order valence-corrected chi connectivity index (χ1v) is 7.31. The van der Waals surface area contributed by atoms with Crippen molar-refractivity contribution >= 4 is 17.4 Å². The average Bonchev–Trinajstić information content (AvgIpc) is 2.29. The number of benzene rings is 1. The van der Waals surface area contributed by atoms with Crippen molar-refractivity contribution in [1.82, 2.24) is 0 Å². The average molecular weight is 233 g/mol. The minimum Gasteiger partial charge on any atom is -0.384 e. The highest BCUT2D eigenvalue weighted by atomic mass is 32.2. The van der Waals surface area contributed by atoms with Gasteiger partial charge in [-0.05, 0) is 37.3 Å². The van der Waals surface area contributed by atoms with E-state index >= 15 is 0 Å². The Morgan fingerprint density at radius 3 is 2.94 bits per heavy atom. The van der Waals surface area contributed by atoms with Crippen LogP contribution in [0.1, 0.15) is 32.1 Å². The maximum absolute atomic E-state index is 3.58. The Morgan fingerprint density at radius 2 is 1.94 bits per heavy atom. The molecular weight excluding hydrogens is 214 g/mol. The van der Waals surface area contributed by atoms with Gasteiger partial charge in [-0.1, -0.05) is 25.0 Å². The fraction of sp³-hybridized carbons (Fsp3) is 0.571. The van der Waals surface area contributed by atoms with Crippen molar-refractivity contribution in [2.75, 3.05) is 11.9 Å². The SMILES string of the molecule is c1ccc2c(c1)NCCC1CCCCC1S2. The molecule has 2 atom stereocenters. The summed E-state index contributed by atoms with van der Waals surface area (Å²) in [5, 5.41) is 4.45. The molecule has 2 heteroatoms. The molecule has 0 saturated heterocycles. The molecule has 1 aromatic rings. The first kappa shape index (κ1) is 10.5. The quantitative estimate of drug-likeness (QED) is 0.722. The lowest BCUT2D eigenvalue weighted by Gasteiger charge is -2.33. The number of fused-ring (bicyclic) bond motifs is 2. The van der Waals surface area contributed by atoms with E-state index in [4.69, 9.17) is 0 Å². The van der Waals surface area contributed by atoms with E-state index in [1.54, 1.807) is 0 Å². The van der Waals surface area contributed by atoms with E-state index in [-0.39, 0.29) is 0 Å². The van der Waals surface area contributed by atoms with Crippen molar-refractivity contribution in [3.63, 3.8) is 0 Å². The molecule has 1 heterocycles. The Hall–Kier alpha value is -0.630. The first-order chi connectivity index (χ1) is 7.93. The maximum atomic E-state index is 3.58. The molecule has 86 valence electrons. The Balaban J connectivity index is 1.85. The van der Waals surface area contributed by atoms with Gasteiger partial charge in [0.2, 0.25) is 0 Å². The fourth-order valence-corrected chi connectivity index (χ4v) is 4.43. The van der Waals surface area contributed by atoms with Crippen LogP contribution in [0.4, 0.5) is 5.69 Å². The standard InChI is InChI=1S/C14H19NS/c1-3-7-13-11(5-1)9-10-15-12-6-2-4-8-14(12)16-13/h2,4,6,8,11,13,15H,1,3,5,7,9-10H2. The third-order valence-corrected chi connectivity index (χ3v) is 5.37. The Bertz CT molecular complexity index is 364. The molecule has 0 radical (unpaired) electrons. The summed E-state index contributed by atoms with van der Waals surface area (Å²) in [5.41, 5.74) is 1.34. The molecule has 2 aliphatic rings. The van der Waals surface area contributed by atoms with Crippen molar-refractivity contribution in [3.8, 4) is 0 Å². The number of rotatable bonds is 0. The number of nitrogens with one attached hydrogen (secondary N) is 1. The highest BCUT2D eigenvalue weighted by Gasteiger charge is 2.27. The summed E-state index contributed by atoms with van der Waals surface area (Å²) in [6, 6.07) is 8.77. The molecule has 1 fully saturated rings. The minimum absolute atomic E-state index is 0.872. The van der Waals surface area contributed by atoms with Gasteiger partial charge in [-0.25, -0.2) is 0 Å². The van der Waals surface area contributed by atoms with E-state index in [9.17, 15) is 0 Å². The summed E-state index contributed by atoms with van der Waals surface area (Å²) in [6.45, 7) is 1.15. The van der Waals surface area contributed by atoms with Crippen LogP contribution >= 0.6 is 11.8 Å². The number of hydrogen-bond donors (Lipinski definition) is 1. The zero-order valence-corrected chi connectivity index (χ0v) is 10.4. The van der Waals surface area contributed by atoms with Crippen molar-refractivity contribution in [3.05, 3.63) is 24.3 Å². The van der Waals surface area contributed by atoms with Gasteiger partial charge in [0.15, 0.2) is 0 Å². The van der Waals surface area contributed by atoms with Crippen LogP contribution in [-0.2, 0) is 0 Å². The molecule has 1 aliphatic carbocycles. The van der Waals surface area contributed by atoms with Crippen molar-refractivity contribution in [1.29, 1.82) is 0 Å². The summed E-state index contributed by atoms with van der Waals surface area (Å²) in [7, 11) is 0. The van der Waals surface area contributed by atoms with Gasteiger partial charge < -0.3 is 5.32 Å². The van der Waals surface area contributed by atoms with Crippen LogP contribution in [0.2, 0.25) is 0 Å². The third-order valence-electron chi connectivity index (χ3n) is 3.84. The third kappa shape index (κ3) is 2.08. The van der Waals surface area contributed by atoms with Gasteiger partial charge in [-0.15, -0.1) is 11.8 Å². The first-order valence-electron chi connectivity index (χ1n) is 6.43. The second kappa shape index (κ2) is 4.70. The predicted octanol–water partition coefficient (Wildman–Crippen LogP) is 4.15. The van der Waals surface area contributed by atoms with E-state index in [0.29, 0.717) is 0 Å². The van der Waals surface area contributed by atoms with Crippen molar-refractivity contribution in [2.24, 2.45) is 5.92 Å². The number of hydrogen-bond acceptors (Lipinski definition) is 2. The monoisotopic (exact) mass is 233 g/mol. The summed E-state index contributed by atoms with van der Waals surface area (Å²) in [6.07, 6.45) is 7.10. The second-order valence-electron chi connectivity index (χ2n) is 4.91. The molecule has 16 heavy (non-hydrogen) atoms. The molecule has 1 aliphatic heterocycles. The highest BCUT2D eigenvalue weighted by Crippen LogP contribution is 2.42. The van der Waals surface area contributed by atoms with E-state index in [1.165, 1.54) is 42.7 Å². The summed E-state index contributed by atoms with van der Waals surface area (Å²) < 4.78 is 0. The summed E-state index contributed by atoms with van der Waals surface area (Å²) in [4.78, 5) is 1.46. The lowest BCUT2D eigenvalue weighted by atomic mass is 9.86. The topological polar surface area (TPSA) is 12.0 Å². The van der Waals surface area contributed by atoms with Gasteiger partial charge in [-0.2, -0.15) is 0 Å². The summed E-state index contributed by atoms with van der Waals surface area (Å²) in [5.74, 6) is 0.944. The molecule has 1 aromatic carbocycles. The van der Waals surface area contributed by atoms with Gasteiger partial charge >= 0.3 is 0 Å². The Morgan fingerprint density at radius 1 is 1.06 bits per heavy atom. The highest BCUT2D eigenvalue weighted by molar-refractivity contribution is 8.00. The summed E-state index contributed by atoms with van der Waals surface area (Å²) >= 11 is 2.11. The van der Waals surface area contributed by atoms with Crippen LogP contribution in [0.15, 0.2) is 29.2 Å². The van der Waals surface area contributed by atoms with E-state index in [2.05, 4.69) is 41.3 Å². The molecule has 3 rings (SSSR count). The van der Waals surface area contributed by atoms with Crippen LogP contribution in [0.25, 0.3) is 0 Å². The van der Waals surface area contributed by atoms with Crippen LogP contribution in [-0.4, -0.2) is 11.8 Å². The Kier molecular flexibility index (Phi) is 3.09. The zero-order valence-electron chi connectivity index (χ0n) is 9.61. The van der Waals surface area contributed by atoms with Gasteiger partial charge in [0, 0.05) is 22.4 Å². The molecule has 1 saturated carbocycles. The van der Waals surface area contributed by atoms with E-state index < -0.39 is 0 Å². The van der Waals surface area contributed by atoms with Crippen LogP contribution in [0.3, 0.4) is 0 Å². The van der Waals surface area contributed by atoms with Gasteiger partial charge in [0.05, 0.1) is 0 Å². The number of para-hydroxylation sites is 1. The molecule has 1 nitrogen and oxygen atoms in total. The van der Waals surface area contributed by atoms with Crippen LogP contribution in [0.5, 0.6) is 0 Å². The van der Waals surface area contributed by atoms with Crippen molar-refractivity contribution in [2.45, 2.75) is 42.2 Å². The minimum atomic E-state index is 0.872. The Labute approximate surface area is 102 Å². The molecular formula is C14H19NS. The maximum Gasteiger partial charge on any atom is 0.0478 e. The predicted molar refractivity (Wildman–Crippen MR) is 71.2 cm³/mol. The largest absolute Gasteiger partial charge is 0.384 e. The molecule has 0 aromatic heterocycles. The lowest BCUT2D eigenvalue weighted by Crippen LogP contribution is -2.26. The van der Waals surface area contributed by atoms with Gasteiger partial charge in [0.25, 0.3) is 0 Å². The second-order valence-corrected chi connectivity index (χ2v) is 6.19. The van der Waals surface area contributed by atoms with Gasteiger partial charge in [-0.3, -0.25) is 0 Å². The molecule has 0 spiro atoms. The molecule has 0 amide bonds. The smallest absolute Gasteiger partial charge is 0.0478 e.